The number of pyridine rings is 1. The molecule has 0 radical (unpaired) electrons. The van der Waals surface area contributed by atoms with E-state index in [9.17, 15) is 0 Å². The van der Waals surface area contributed by atoms with Crippen LogP contribution in [0.3, 0.4) is 0 Å². The van der Waals surface area contributed by atoms with Gasteiger partial charge in [-0.15, -0.1) is 11.3 Å². The monoisotopic (exact) mass is 374 g/mol. The Hall–Kier alpha value is -3.52. The number of benzene rings is 1. The number of nitrogens with one attached hydrogen (secondary N) is 1. The third kappa shape index (κ3) is 2.96. The lowest BCUT2D eigenvalue weighted by molar-refractivity contribution is 0.531. The van der Waals surface area contributed by atoms with Crippen molar-refractivity contribution in [2.24, 2.45) is 0 Å². The zero-order chi connectivity index (χ0) is 18.2. The Morgan fingerprint density at radius 2 is 1.93 bits per heavy atom. The quantitative estimate of drug-likeness (QED) is 0.488. The van der Waals surface area contributed by atoms with Crippen LogP contribution < -0.4 is 11.1 Å². The number of rotatable bonds is 4. The maximum atomic E-state index is 5.96. The van der Waals surface area contributed by atoms with Crippen molar-refractivity contribution < 1.29 is 4.42 Å². The van der Waals surface area contributed by atoms with Crippen LogP contribution in [0.4, 0.5) is 11.6 Å². The molecule has 0 bridgehead atoms. The molecule has 7 nitrogen and oxygen atoms in total. The molecule has 0 saturated carbocycles. The van der Waals surface area contributed by atoms with Gasteiger partial charge in [0.2, 0.25) is 0 Å². The van der Waals surface area contributed by atoms with Crippen LogP contribution in [0.15, 0.2) is 59.3 Å². The Kier molecular flexibility index (Phi) is 3.68. The van der Waals surface area contributed by atoms with Crippen LogP contribution in [-0.4, -0.2) is 19.9 Å². The minimum absolute atomic E-state index is 0.429. The van der Waals surface area contributed by atoms with Gasteiger partial charge in [-0.25, -0.2) is 19.9 Å². The van der Waals surface area contributed by atoms with Crippen molar-refractivity contribution in [2.45, 2.75) is 6.54 Å². The van der Waals surface area contributed by atoms with E-state index in [0.717, 1.165) is 32.1 Å². The number of nitrogens with two attached hydrogens (primary N) is 1. The standard InChI is InChI=1S/C19H14N6OS/c20-16-8-6-12-17(22-10-23-18(12)25-16)21-9-11-5-7-14(26-11)19-24-13-3-1-2-4-15(13)27-19/h1-8,10H,9H2,(H3,20,21,22,23,25). The van der Waals surface area contributed by atoms with Gasteiger partial charge in [0.1, 0.15) is 23.7 Å². The number of fused-ring (bicyclic) bond motifs is 2. The van der Waals surface area contributed by atoms with Crippen LogP contribution in [0, 0.1) is 0 Å². The summed E-state index contributed by atoms with van der Waals surface area (Å²) in [6, 6.07) is 15.5. The predicted molar refractivity (Wildman–Crippen MR) is 106 cm³/mol. The molecule has 5 aromatic rings. The molecule has 0 unspecified atom stereocenters. The number of aromatic nitrogens is 4. The van der Waals surface area contributed by atoms with E-state index < -0.39 is 0 Å². The third-order valence-corrected chi connectivity index (χ3v) is 5.17. The Balaban J connectivity index is 1.38. The highest BCUT2D eigenvalue weighted by molar-refractivity contribution is 7.21. The van der Waals surface area contributed by atoms with Gasteiger partial charge < -0.3 is 15.5 Å². The number of anilines is 2. The normalized spacial score (nSPS) is 11.3. The van der Waals surface area contributed by atoms with Crippen LogP contribution in [0.5, 0.6) is 0 Å². The molecule has 1 aromatic carbocycles. The van der Waals surface area contributed by atoms with E-state index in [0.29, 0.717) is 23.8 Å². The maximum absolute atomic E-state index is 5.96. The first-order valence-electron chi connectivity index (χ1n) is 8.32. The Morgan fingerprint density at radius 3 is 2.85 bits per heavy atom. The van der Waals surface area contributed by atoms with E-state index in [1.807, 2.05) is 36.4 Å². The summed E-state index contributed by atoms with van der Waals surface area (Å²) in [5.41, 5.74) is 7.25. The first kappa shape index (κ1) is 15.7. The van der Waals surface area contributed by atoms with Gasteiger partial charge in [-0.2, -0.15) is 0 Å². The van der Waals surface area contributed by atoms with Crippen LogP contribution >= 0.6 is 11.3 Å². The number of hydrogen-bond acceptors (Lipinski definition) is 8. The average molecular weight is 374 g/mol. The summed E-state index contributed by atoms with van der Waals surface area (Å²) in [6.45, 7) is 0.487. The molecule has 0 spiro atoms. The molecule has 4 heterocycles. The number of para-hydroxylation sites is 1. The van der Waals surface area contributed by atoms with Gasteiger partial charge in [0.15, 0.2) is 16.4 Å². The van der Waals surface area contributed by atoms with Crippen molar-refractivity contribution >= 4 is 44.2 Å². The fraction of sp³-hybridized carbons (Fsp3) is 0.0526. The minimum Gasteiger partial charge on any atom is -0.457 e. The van der Waals surface area contributed by atoms with E-state index >= 15 is 0 Å². The molecule has 0 atom stereocenters. The smallest absolute Gasteiger partial charge is 0.166 e. The van der Waals surface area contributed by atoms with Crippen LogP contribution in [0.25, 0.3) is 32.0 Å². The highest BCUT2D eigenvalue weighted by Gasteiger charge is 2.11. The second-order valence-corrected chi connectivity index (χ2v) is 6.97. The highest BCUT2D eigenvalue weighted by atomic mass is 32.1. The molecule has 0 aliphatic carbocycles. The summed E-state index contributed by atoms with van der Waals surface area (Å²) >= 11 is 1.62. The van der Waals surface area contributed by atoms with Gasteiger partial charge in [0.05, 0.1) is 22.1 Å². The minimum atomic E-state index is 0.429. The Morgan fingerprint density at radius 1 is 1.00 bits per heavy atom. The van der Waals surface area contributed by atoms with E-state index in [4.69, 9.17) is 10.2 Å². The van der Waals surface area contributed by atoms with Crippen LogP contribution in [0.1, 0.15) is 5.76 Å². The molecule has 0 saturated heterocycles. The molecule has 4 aromatic heterocycles. The third-order valence-electron chi connectivity index (χ3n) is 4.12. The fourth-order valence-electron chi connectivity index (χ4n) is 2.83. The van der Waals surface area contributed by atoms with Crippen LogP contribution in [0.2, 0.25) is 0 Å². The number of nitrogen functional groups attached to an aromatic ring is 1. The lowest BCUT2D eigenvalue weighted by Gasteiger charge is -2.06. The topological polar surface area (TPSA) is 103 Å². The van der Waals surface area contributed by atoms with E-state index in [2.05, 4.69) is 31.3 Å². The maximum Gasteiger partial charge on any atom is 0.166 e. The molecule has 27 heavy (non-hydrogen) atoms. The molecule has 132 valence electrons. The predicted octanol–water partition coefficient (Wildman–Crippen LogP) is 4.09. The first-order valence-corrected chi connectivity index (χ1v) is 9.14. The molecule has 3 N–H and O–H groups in total. The molecule has 8 heteroatoms. The van der Waals surface area contributed by atoms with Crippen LogP contribution in [-0.2, 0) is 6.54 Å². The summed E-state index contributed by atoms with van der Waals surface area (Å²) in [6.07, 6.45) is 1.46. The van der Waals surface area contributed by atoms with Gasteiger partial charge in [-0.1, -0.05) is 12.1 Å². The average Bonchev–Trinajstić information content (AvgIpc) is 3.32. The second kappa shape index (κ2) is 6.33. The SMILES string of the molecule is Nc1ccc2c(NCc3ccc(-c4nc5ccccc5s4)o3)ncnc2n1. The molecular formula is C19H14N6OS. The highest BCUT2D eigenvalue weighted by Crippen LogP contribution is 2.31. The lowest BCUT2D eigenvalue weighted by atomic mass is 10.3. The number of hydrogen-bond donors (Lipinski definition) is 2. The zero-order valence-electron chi connectivity index (χ0n) is 14.1. The van der Waals surface area contributed by atoms with Gasteiger partial charge in [-0.05, 0) is 36.4 Å². The zero-order valence-corrected chi connectivity index (χ0v) is 14.9. The van der Waals surface area contributed by atoms with E-state index in [-0.39, 0.29) is 0 Å². The molecule has 0 amide bonds. The molecule has 0 aliphatic heterocycles. The van der Waals surface area contributed by atoms with Gasteiger partial charge in [0.25, 0.3) is 0 Å². The summed E-state index contributed by atoms with van der Waals surface area (Å²) in [4.78, 5) is 17.3. The largest absolute Gasteiger partial charge is 0.457 e. The number of thiazole rings is 1. The number of nitrogens with zero attached hydrogens (tertiary/aromatic N) is 4. The van der Waals surface area contributed by atoms with E-state index in [1.54, 1.807) is 17.4 Å². The van der Waals surface area contributed by atoms with Crippen molar-refractivity contribution in [1.82, 2.24) is 19.9 Å². The van der Waals surface area contributed by atoms with Crippen molar-refractivity contribution in [3.8, 4) is 10.8 Å². The van der Waals surface area contributed by atoms with Crippen molar-refractivity contribution in [2.75, 3.05) is 11.1 Å². The van der Waals surface area contributed by atoms with Crippen molar-refractivity contribution in [1.29, 1.82) is 0 Å². The van der Waals surface area contributed by atoms with Gasteiger partial charge >= 0.3 is 0 Å². The van der Waals surface area contributed by atoms with Crippen molar-refractivity contribution in [3.05, 3.63) is 60.6 Å². The lowest BCUT2D eigenvalue weighted by Crippen LogP contribution is -2.02. The Bertz CT molecular complexity index is 1230. The molecule has 0 aliphatic rings. The Labute approximate surface area is 157 Å². The van der Waals surface area contributed by atoms with Gasteiger partial charge in [-0.3, -0.25) is 0 Å². The molecule has 0 fully saturated rings. The first-order chi connectivity index (χ1) is 13.3. The second-order valence-electron chi connectivity index (χ2n) is 5.94. The molecular weight excluding hydrogens is 360 g/mol. The summed E-state index contributed by atoms with van der Waals surface area (Å²) in [7, 11) is 0. The van der Waals surface area contributed by atoms with E-state index in [1.165, 1.54) is 6.33 Å². The molecule has 5 rings (SSSR count). The number of furan rings is 1. The summed E-state index contributed by atoms with van der Waals surface area (Å²) in [5.74, 6) is 2.67. The van der Waals surface area contributed by atoms with Gasteiger partial charge in [0, 0.05) is 0 Å². The van der Waals surface area contributed by atoms with Crippen molar-refractivity contribution in [3.63, 3.8) is 0 Å². The summed E-state index contributed by atoms with van der Waals surface area (Å²) in [5, 5.41) is 4.95. The fourth-order valence-corrected chi connectivity index (χ4v) is 3.76. The summed E-state index contributed by atoms with van der Waals surface area (Å²) < 4.78 is 7.10.